The molecular formula is C37H50O. The van der Waals surface area contributed by atoms with Gasteiger partial charge in [0, 0.05) is 11.0 Å². The van der Waals surface area contributed by atoms with Gasteiger partial charge in [0.05, 0.1) is 0 Å². The molecule has 0 radical (unpaired) electrons. The van der Waals surface area contributed by atoms with Crippen LogP contribution in [0.15, 0.2) is 6.07 Å². The zero-order chi connectivity index (χ0) is 25.0. The van der Waals surface area contributed by atoms with Gasteiger partial charge in [-0.1, -0.05) is 0 Å². The van der Waals surface area contributed by atoms with Crippen LogP contribution in [0.5, 0.6) is 5.75 Å². The number of hydrogen-bond acceptors (Lipinski definition) is 1. The maximum Gasteiger partial charge on any atom is 0.119 e. The minimum Gasteiger partial charge on any atom is -0.508 e. The molecule has 12 bridgehead atoms. The molecule has 1 heteroatoms. The van der Waals surface area contributed by atoms with E-state index >= 15 is 0 Å². The lowest BCUT2D eigenvalue weighted by Gasteiger charge is -2.63. The van der Waals surface area contributed by atoms with Gasteiger partial charge in [-0.3, -0.25) is 0 Å². The number of phenols is 1. The van der Waals surface area contributed by atoms with Crippen LogP contribution in [0.1, 0.15) is 138 Å². The summed E-state index contributed by atoms with van der Waals surface area (Å²) in [5.74, 6) is 9.44. The van der Waals surface area contributed by atoms with Gasteiger partial charge in [-0.15, -0.1) is 0 Å². The van der Waals surface area contributed by atoms with Crippen molar-refractivity contribution in [1.29, 1.82) is 0 Å². The molecule has 1 nitrogen and oxygen atoms in total. The lowest BCUT2D eigenvalue weighted by atomic mass is 9.41. The summed E-state index contributed by atoms with van der Waals surface area (Å²) in [6.45, 7) is 2.45. The Balaban J connectivity index is 1.24. The van der Waals surface area contributed by atoms with Crippen molar-refractivity contribution in [2.45, 2.75) is 139 Å². The van der Waals surface area contributed by atoms with E-state index in [4.69, 9.17) is 0 Å². The standard InChI is InChI=1S/C37H50O/c1-21-2-31(38)33(36-15-25-6-26(16-36)8-27(7-25)17-36)34(37-18-28-9-29(19-37)11-30(10-28)20-37)32(21)35-12-22-3-23(13-35)5-24(4-22)14-35/h2,22-30,38H,3-20H2,1H3. The number of rotatable bonds is 3. The molecule has 0 spiro atoms. The van der Waals surface area contributed by atoms with Crippen LogP contribution in [0.4, 0.5) is 0 Å². The molecule has 38 heavy (non-hydrogen) atoms. The van der Waals surface area contributed by atoms with Crippen molar-refractivity contribution >= 4 is 0 Å². The second-order valence-electron chi connectivity index (χ2n) is 17.9. The lowest BCUT2D eigenvalue weighted by Crippen LogP contribution is -2.55. The fraction of sp³-hybridized carbons (Fsp3) is 0.838. The van der Waals surface area contributed by atoms with Crippen molar-refractivity contribution in [1.82, 2.24) is 0 Å². The second-order valence-corrected chi connectivity index (χ2v) is 17.9. The minimum atomic E-state index is 0.294. The Bertz CT molecular complexity index is 1030. The third-order valence-electron chi connectivity index (χ3n) is 15.2. The second kappa shape index (κ2) is 7.26. The molecule has 12 saturated carbocycles. The largest absolute Gasteiger partial charge is 0.508 e. The molecule has 12 aliphatic rings. The Labute approximate surface area is 230 Å². The zero-order valence-electron chi connectivity index (χ0n) is 23.9. The van der Waals surface area contributed by atoms with E-state index in [0.29, 0.717) is 16.2 Å². The van der Waals surface area contributed by atoms with Crippen molar-refractivity contribution in [3.8, 4) is 5.75 Å². The summed E-state index contributed by atoms with van der Waals surface area (Å²) in [5.41, 5.74) is 7.94. The molecule has 13 rings (SSSR count). The van der Waals surface area contributed by atoms with E-state index < -0.39 is 0 Å². The summed E-state index contributed by atoms with van der Waals surface area (Å²) in [6, 6.07) is 2.34. The van der Waals surface area contributed by atoms with E-state index in [0.717, 1.165) is 59.0 Å². The van der Waals surface area contributed by atoms with Gasteiger partial charge in [-0.25, -0.2) is 0 Å². The number of benzene rings is 1. The van der Waals surface area contributed by atoms with Crippen molar-refractivity contribution in [3.63, 3.8) is 0 Å². The number of hydrogen-bond donors (Lipinski definition) is 1. The van der Waals surface area contributed by atoms with Crippen LogP contribution in [0.2, 0.25) is 0 Å². The van der Waals surface area contributed by atoms with Gasteiger partial charge in [0.15, 0.2) is 0 Å². The van der Waals surface area contributed by atoms with Gasteiger partial charge in [0.2, 0.25) is 0 Å². The van der Waals surface area contributed by atoms with E-state index in [1.54, 1.807) is 5.56 Å². The smallest absolute Gasteiger partial charge is 0.119 e. The number of phenolic OH excluding ortho intramolecular Hbond substituents is 1. The minimum absolute atomic E-state index is 0.294. The topological polar surface area (TPSA) is 20.2 Å². The predicted molar refractivity (Wildman–Crippen MR) is 152 cm³/mol. The summed E-state index contributed by atoms with van der Waals surface area (Å²) < 4.78 is 0. The van der Waals surface area contributed by atoms with E-state index in [9.17, 15) is 5.11 Å². The van der Waals surface area contributed by atoms with E-state index in [1.807, 2.05) is 11.1 Å². The highest BCUT2D eigenvalue weighted by atomic mass is 16.3. The normalized spacial score (nSPS) is 54.8. The van der Waals surface area contributed by atoms with Crippen molar-refractivity contribution in [2.24, 2.45) is 53.3 Å². The van der Waals surface area contributed by atoms with Crippen LogP contribution in [0.3, 0.4) is 0 Å². The Morgan fingerprint density at radius 3 is 1.03 bits per heavy atom. The molecule has 0 amide bonds. The van der Waals surface area contributed by atoms with Gasteiger partial charge >= 0.3 is 0 Å². The summed E-state index contributed by atoms with van der Waals surface area (Å²) in [7, 11) is 0. The highest BCUT2D eigenvalue weighted by molar-refractivity contribution is 5.60. The summed E-state index contributed by atoms with van der Waals surface area (Å²) in [5, 5.41) is 12.2. The molecule has 12 aliphatic carbocycles. The van der Waals surface area contributed by atoms with Crippen LogP contribution in [-0.4, -0.2) is 5.11 Å². The first-order chi connectivity index (χ1) is 18.4. The zero-order valence-corrected chi connectivity index (χ0v) is 23.9. The Morgan fingerprint density at radius 2 is 0.711 bits per heavy atom. The maximum absolute atomic E-state index is 12.2. The first kappa shape index (κ1) is 22.7. The predicted octanol–water partition coefficient (Wildman–Crippen LogP) is 9.10. The summed E-state index contributed by atoms with van der Waals surface area (Å²) in [6.07, 6.45) is 26.7. The highest BCUT2D eigenvalue weighted by Crippen LogP contribution is 2.70. The SMILES string of the molecule is Cc1cc(O)c(C23CC4CC(CC(C4)C2)C3)c(C23CC4CC(CC(C4)C2)C3)c1C12CC3CC(CC(C3)C1)C2. The molecule has 1 aromatic carbocycles. The highest BCUT2D eigenvalue weighted by Gasteiger charge is 2.61. The Hall–Kier alpha value is -0.980. The molecule has 0 unspecified atom stereocenters. The first-order valence-corrected chi connectivity index (χ1v) is 17.3. The fourth-order valence-corrected chi connectivity index (χ4v) is 15.8. The van der Waals surface area contributed by atoms with Crippen molar-refractivity contribution in [2.75, 3.05) is 0 Å². The monoisotopic (exact) mass is 510 g/mol. The van der Waals surface area contributed by atoms with Gasteiger partial charge in [0.1, 0.15) is 5.75 Å². The van der Waals surface area contributed by atoms with E-state index in [2.05, 4.69) is 13.0 Å². The Kier molecular flexibility index (Phi) is 4.33. The molecular weight excluding hydrogens is 460 g/mol. The number of aryl methyl sites for hydroxylation is 1. The van der Waals surface area contributed by atoms with Gasteiger partial charge in [-0.05, 0) is 209 Å². The average molecular weight is 511 g/mol. The Morgan fingerprint density at radius 1 is 0.447 bits per heavy atom. The molecule has 0 aliphatic heterocycles. The molecule has 0 saturated heterocycles. The van der Waals surface area contributed by atoms with Gasteiger partial charge < -0.3 is 5.11 Å². The first-order valence-electron chi connectivity index (χ1n) is 17.3. The molecule has 1 aromatic rings. The summed E-state index contributed by atoms with van der Waals surface area (Å²) >= 11 is 0. The maximum atomic E-state index is 12.2. The van der Waals surface area contributed by atoms with Crippen LogP contribution in [-0.2, 0) is 16.2 Å². The average Bonchev–Trinajstić information content (AvgIpc) is 2.80. The molecule has 0 aromatic heterocycles. The van der Waals surface area contributed by atoms with Gasteiger partial charge in [0.25, 0.3) is 0 Å². The van der Waals surface area contributed by atoms with Crippen molar-refractivity contribution in [3.05, 3.63) is 28.3 Å². The van der Waals surface area contributed by atoms with Crippen molar-refractivity contribution < 1.29 is 5.11 Å². The van der Waals surface area contributed by atoms with Crippen LogP contribution >= 0.6 is 0 Å². The quantitative estimate of drug-likeness (QED) is 0.430. The fourth-order valence-electron chi connectivity index (χ4n) is 15.8. The van der Waals surface area contributed by atoms with Crippen LogP contribution in [0, 0.1) is 60.2 Å². The molecule has 0 atom stereocenters. The molecule has 0 heterocycles. The van der Waals surface area contributed by atoms with Gasteiger partial charge in [-0.2, -0.15) is 0 Å². The third-order valence-corrected chi connectivity index (χ3v) is 15.2. The number of aromatic hydroxyl groups is 1. The lowest BCUT2D eigenvalue weighted by molar-refractivity contribution is -0.0251. The summed E-state index contributed by atoms with van der Waals surface area (Å²) in [4.78, 5) is 0. The van der Waals surface area contributed by atoms with Crippen LogP contribution in [0.25, 0.3) is 0 Å². The van der Waals surface area contributed by atoms with E-state index in [1.165, 1.54) is 121 Å². The molecule has 12 fully saturated rings. The van der Waals surface area contributed by atoms with Crippen LogP contribution < -0.4 is 0 Å². The molecule has 204 valence electrons. The molecule has 1 N–H and O–H groups in total. The van der Waals surface area contributed by atoms with E-state index in [-0.39, 0.29) is 0 Å². The third kappa shape index (κ3) is 2.91.